The SMILES string of the molecule is COc1ccc(-c2nc(NC(=O)c3cc(=O)n(C)c(=O)n3C)n[nH]2)cc1. The molecule has 3 rings (SSSR count). The van der Waals surface area contributed by atoms with Gasteiger partial charge in [-0.25, -0.2) is 4.79 Å². The lowest BCUT2D eigenvalue weighted by Crippen LogP contribution is -2.40. The predicted molar refractivity (Wildman–Crippen MR) is 93.2 cm³/mol. The predicted octanol–water partition coefficient (Wildman–Crippen LogP) is 0.130. The summed E-state index contributed by atoms with van der Waals surface area (Å²) in [6.07, 6.45) is 0. The lowest BCUT2D eigenvalue weighted by Gasteiger charge is -2.07. The first kappa shape index (κ1) is 17.1. The third-order valence-corrected chi connectivity index (χ3v) is 3.83. The van der Waals surface area contributed by atoms with Gasteiger partial charge in [0.05, 0.1) is 7.11 Å². The fraction of sp³-hybridized carbons (Fsp3) is 0.188. The molecule has 2 heterocycles. The van der Waals surface area contributed by atoms with Crippen molar-refractivity contribution in [2.45, 2.75) is 0 Å². The van der Waals surface area contributed by atoms with Gasteiger partial charge in [-0.3, -0.25) is 29.1 Å². The highest BCUT2D eigenvalue weighted by molar-refractivity contribution is 6.02. The molecule has 0 radical (unpaired) electrons. The zero-order valence-electron chi connectivity index (χ0n) is 14.3. The van der Waals surface area contributed by atoms with Gasteiger partial charge in [0, 0.05) is 25.7 Å². The average Bonchev–Trinajstić information content (AvgIpc) is 3.11. The van der Waals surface area contributed by atoms with E-state index < -0.39 is 17.2 Å². The number of amides is 1. The van der Waals surface area contributed by atoms with E-state index in [1.807, 2.05) is 0 Å². The van der Waals surface area contributed by atoms with E-state index in [0.29, 0.717) is 11.6 Å². The fourth-order valence-electron chi connectivity index (χ4n) is 2.31. The van der Waals surface area contributed by atoms with E-state index in [0.717, 1.165) is 20.8 Å². The minimum Gasteiger partial charge on any atom is -0.497 e. The van der Waals surface area contributed by atoms with Crippen LogP contribution in [0.4, 0.5) is 5.95 Å². The summed E-state index contributed by atoms with van der Waals surface area (Å²) in [6, 6.07) is 8.19. The highest BCUT2D eigenvalue weighted by Gasteiger charge is 2.16. The minimum atomic E-state index is -0.664. The monoisotopic (exact) mass is 356 g/mol. The summed E-state index contributed by atoms with van der Waals surface area (Å²) >= 11 is 0. The number of anilines is 1. The molecular weight excluding hydrogens is 340 g/mol. The van der Waals surface area contributed by atoms with Crippen LogP contribution in [0.25, 0.3) is 11.4 Å². The second kappa shape index (κ2) is 6.67. The first-order chi connectivity index (χ1) is 12.4. The smallest absolute Gasteiger partial charge is 0.331 e. The summed E-state index contributed by atoms with van der Waals surface area (Å²) in [6.45, 7) is 0. The van der Waals surface area contributed by atoms with Crippen molar-refractivity contribution in [2.75, 3.05) is 12.4 Å². The first-order valence-corrected chi connectivity index (χ1v) is 7.56. The standard InChI is InChI=1S/C16H16N6O4/c1-21-11(8-12(23)22(2)16(21)25)14(24)18-15-17-13(19-20-15)9-4-6-10(26-3)7-5-9/h4-8H,1-3H3,(H2,17,18,19,20,24). The second-order valence-corrected chi connectivity index (χ2v) is 5.46. The molecule has 0 saturated heterocycles. The number of carbonyl (C=O) groups excluding carboxylic acids is 1. The Labute approximate surface area is 147 Å². The van der Waals surface area contributed by atoms with Crippen LogP contribution >= 0.6 is 0 Å². The molecule has 0 aliphatic rings. The Morgan fingerprint density at radius 1 is 1.15 bits per heavy atom. The van der Waals surface area contributed by atoms with Gasteiger partial charge in [-0.15, -0.1) is 5.10 Å². The number of hydrogen-bond acceptors (Lipinski definition) is 6. The van der Waals surface area contributed by atoms with Gasteiger partial charge in [-0.1, -0.05) is 0 Å². The molecule has 0 spiro atoms. The Balaban J connectivity index is 1.84. The summed E-state index contributed by atoms with van der Waals surface area (Å²) in [5.41, 5.74) is -0.516. The van der Waals surface area contributed by atoms with Gasteiger partial charge in [0.1, 0.15) is 11.4 Å². The van der Waals surface area contributed by atoms with Gasteiger partial charge in [-0.2, -0.15) is 4.98 Å². The quantitative estimate of drug-likeness (QED) is 0.685. The molecule has 0 aliphatic carbocycles. The molecule has 3 aromatic rings. The average molecular weight is 356 g/mol. The van der Waals surface area contributed by atoms with Crippen molar-refractivity contribution in [1.82, 2.24) is 24.3 Å². The topological polar surface area (TPSA) is 124 Å². The molecule has 0 saturated carbocycles. The van der Waals surface area contributed by atoms with Crippen LogP contribution in [0, 0.1) is 0 Å². The fourth-order valence-corrected chi connectivity index (χ4v) is 2.31. The Kier molecular flexibility index (Phi) is 4.40. The van der Waals surface area contributed by atoms with Crippen molar-refractivity contribution < 1.29 is 9.53 Å². The summed E-state index contributed by atoms with van der Waals surface area (Å²) in [5.74, 6) is 0.505. The Morgan fingerprint density at radius 3 is 2.50 bits per heavy atom. The number of ether oxygens (including phenoxy) is 1. The molecule has 0 fully saturated rings. The van der Waals surface area contributed by atoms with Crippen LogP contribution < -0.4 is 21.3 Å². The van der Waals surface area contributed by atoms with E-state index in [1.165, 1.54) is 14.1 Å². The highest BCUT2D eigenvalue weighted by atomic mass is 16.5. The van der Waals surface area contributed by atoms with Crippen LogP contribution in [0.1, 0.15) is 10.5 Å². The van der Waals surface area contributed by atoms with E-state index in [9.17, 15) is 14.4 Å². The highest BCUT2D eigenvalue weighted by Crippen LogP contribution is 2.19. The molecule has 10 nitrogen and oxygen atoms in total. The molecule has 0 atom stereocenters. The van der Waals surface area contributed by atoms with E-state index in [1.54, 1.807) is 31.4 Å². The third kappa shape index (κ3) is 3.11. The van der Waals surface area contributed by atoms with Gasteiger partial charge in [0.2, 0.25) is 5.95 Å². The molecule has 10 heteroatoms. The van der Waals surface area contributed by atoms with Crippen LogP contribution in [0.5, 0.6) is 5.75 Å². The third-order valence-electron chi connectivity index (χ3n) is 3.83. The van der Waals surface area contributed by atoms with Crippen LogP contribution in [-0.4, -0.2) is 37.3 Å². The second-order valence-electron chi connectivity index (χ2n) is 5.46. The van der Waals surface area contributed by atoms with Gasteiger partial charge >= 0.3 is 5.69 Å². The van der Waals surface area contributed by atoms with Crippen LogP contribution in [0.15, 0.2) is 39.9 Å². The number of benzene rings is 1. The molecule has 1 aromatic carbocycles. The van der Waals surface area contributed by atoms with E-state index in [-0.39, 0.29) is 11.6 Å². The lowest BCUT2D eigenvalue weighted by atomic mass is 10.2. The number of carbonyl (C=O) groups is 1. The van der Waals surface area contributed by atoms with Crippen LogP contribution in [0.2, 0.25) is 0 Å². The van der Waals surface area contributed by atoms with Crippen molar-refractivity contribution in [3.63, 3.8) is 0 Å². The summed E-state index contributed by atoms with van der Waals surface area (Å²) in [4.78, 5) is 40.2. The van der Waals surface area contributed by atoms with Crippen LogP contribution in [-0.2, 0) is 14.1 Å². The van der Waals surface area contributed by atoms with Crippen molar-refractivity contribution in [2.24, 2.45) is 14.1 Å². The number of aromatic amines is 1. The lowest BCUT2D eigenvalue weighted by molar-refractivity contribution is 0.101. The van der Waals surface area contributed by atoms with Gasteiger partial charge < -0.3 is 4.74 Å². The molecule has 0 bridgehead atoms. The van der Waals surface area contributed by atoms with Crippen molar-refractivity contribution in [3.05, 3.63) is 56.9 Å². The normalized spacial score (nSPS) is 10.6. The first-order valence-electron chi connectivity index (χ1n) is 7.56. The Bertz CT molecular complexity index is 1080. The Morgan fingerprint density at radius 2 is 1.85 bits per heavy atom. The minimum absolute atomic E-state index is 0.0222. The number of rotatable bonds is 4. The van der Waals surface area contributed by atoms with Crippen LogP contribution in [0.3, 0.4) is 0 Å². The molecule has 2 N–H and O–H groups in total. The van der Waals surface area contributed by atoms with Crippen molar-refractivity contribution in [1.29, 1.82) is 0 Å². The van der Waals surface area contributed by atoms with Gasteiger partial charge in [-0.05, 0) is 24.3 Å². The zero-order chi connectivity index (χ0) is 18.8. The van der Waals surface area contributed by atoms with Crippen molar-refractivity contribution >= 4 is 11.9 Å². The molecule has 0 aliphatic heterocycles. The number of nitrogens with zero attached hydrogens (tertiary/aromatic N) is 4. The number of methoxy groups -OCH3 is 1. The van der Waals surface area contributed by atoms with Gasteiger partial charge in [0.25, 0.3) is 11.5 Å². The summed E-state index contributed by atoms with van der Waals surface area (Å²) in [5, 5.41) is 9.10. The summed E-state index contributed by atoms with van der Waals surface area (Å²) in [7, 11) is 4.31. The van der Waals surface area contributed by atoms with Gasteiger partial charge in [0.15, 0.2) is 5.82 Å². The Hall–Kier alpha value is -3.69. The number of aromatic nitrogens is 5. The van der Waals surface area contributed by atoms with E-state index in [4.69, 9.17) is 4.74 Å². The molecule has 26 heavy (non-hydrogen) atoms. The van der Waals surface area contributed by atoms with E-state index >= 15 is 0 Å². The maximum atomic E-state index is 12.4. The molecular formula is C16H16N6O4. The maximum Gasteiger partial charge on any atom is 0.331 e. The molecule has 134 valence electrons. The maximum absolute atomic E-state index is 12.4. The zero-order valence-corrected chi connectivity index (χ0v) is 14.3. The molecule has 1 amide bonds. The number of hydrogen-bond donors (Lipinski definition) is 2. The number of nitrogens with one attached hydrogen (secondary N) is 2. The number of H-pyrrole nitrogens is 1. The van der Waals surface area contributed by atoms with E-state index in [2.05, 4.69) is 20.5 Å². The summed E-state index contributed by atoms with van der Waals surface area (Å²) < 4.78 is 7.08. The van der Waals surface area contributed by atoms with Crippen molar-refractivity contribution in [3.8, 4) is 17.1 Å². The molecule has 0 unspecified atom stereocenters. The largest absolute Gasteiger partial charge is 0.497 e. The molecule has 2 aromatic heterocycles.